The number of allylic oxidation sites excluding steroid dienone is 6. The van der Waals surface area contributed by atoms with E-state index in [2.05, 4.69) is 23.0 Å². The molecule has 1 N–H and O–H groups in total. The number of carbonyl (C=O) groups excluding carboxylic acids is 2. The highest BCUT2D eigenvalue weighted by Gasteiger charge is 2.28. The molecule has 106 valence electrons. The monoisotopic (exact) mass is 276 g/mol. The van der Waals surface area contributed by atoms with E-state index >= 15 is 0 Å². The number of aliphatic hydroxyl groups is 1. The lowest BCUT2D eigenvalue weighted by Crippen LogP contribution is -2.15. The number of ether oxygens (including phenoxy) is 2. The van der Waals surface area contributed by atoms with Crippen molar-refractivity contribution in [2.75, 3.05) is 0 Å². The quantitative estimate of drug-likeness (QED) is 0.619. The first-order valence-electron chi connectivity index (χ1n) is 6.31. The van der Waals surface area contributed by atoms with Crippen molar-refractivity contribution in [3.63, 3.8) is 0 Å². The predicted octanol–water partition coefficient (Wildman–Crippen LogP) is 2.53. The average molecular weight is 276 g/mol. The van der Waals surface area contributed by atoms with Crippen LogP contribution in [0.1, 0.15) is 20.3 Å². The first-order valence-corrected chi connectivity index (χ1v) is 6.31. The van der Waals surface area contributed by atoms with Gasteiger partial charge >= 0.3 is 5.97 Å². The fourth-order valence-electron chi connectivity index (χ4n) is 1.89. The maximum absolute atomic E-state index is 10.6. The molecule has 0 amide bonds. The zero-order valence-corrected chi connectivity index (χ0v) is 11.3. The second kappa shape index (κ2) is 5.77. The van der Waals surface area contributed by atoms with Crippen molar-refractivity contribution in [3.8, 4) is 0 Å². The fourth-order valence-corrected chi connectivity index (χ4v) is 1.89. The summed E-state index contributed by atoms with van der Waals surface area (Å²) in [5.41, 5.74) is 1.63. The van der Waals surface area contributed by atoms with Crippen molar-refractivity contribution in [2.45, 2.75) is 20.3 Å². The fraction of sp³-hybridized carbons (Fsp3) is 0.333. The predicted molar refractivity (Wildman–Crippen MR) is 71.1 cm³/mol. The molecule has 1 aliphatic heterocycles. The number of fused-ring (bicyclic) bond motifs is 1. The van der Waals surface area contributed by atoms with Gasteiger partial charge in [0.15, 0.2) is 0 Å². The highest BCUT2D eigenvalue weighted by atomic mass is 16.7. The maximum Gasteiger partial charge on any atom is 0.310 e. The molecule has 0 aromatic rings. The minimum atomic E-state index is -0.807. The van der Waals surface area contributed by atoms with Gasteiger partial charge < -0.3 is 19.4 Å². The van der Waals surface area contributed by atoms with E-state index in [0.717, 1.165) is 5.92 Å². The van der Waals surface area contributed by atoms with E-state index in [-0.39, 0.29) is 17.5 Å². The highest BCUT2D eigenvalue weighted by Crippen LogP contribution is 2.42. The molecule has 2 aliphatic carbocycles. The van der Waals surface area contributed by atoms with E-state index < -0.39 is 11.9 Å². The van der Waals surface area contributed by atoms with Gasteiger partial charge in [0.1, 0.15) is 23.7 Å². The highest BCUT2D eigenvalue weighted by molar-refractivity contribution is 5.68. The molecule has 0 radical (unpaired) electrons. The molecule has 0 aromatic heterocycles. The summed E-state index contributed by atoms with van der Waals surface area (Å²) in [6, 6.07) is 0. The van der Waals surface area contributed by atoms with Crippen LogP contribution in [0, 0.1) is 11.8 Å². The van der Waals surface area contributed by atoms with Crippen molar-refractivity contribution in [2.24, 2.45) is 11.8 Å². The van der Waals surface area contributed by atoms with E-state index in [4.69, 9.17) is 4.74 Å². The van der Waals surface area contributed by atoms with Crippen molar-refractivity contribution < 1.29 is 24.2 Å². The Kier molecular flexibility index (Phi) is 4.08. The summed E-state index contributed by atoms with van der Waals surface area (Å²) < 4.78 is 9.57. The Morgan fingerprint density at radius 1 is 1.55 bits per heavy atom. The van der Waals surface area contributed by atoms with Crippen molar-refractivity contribution in [3.05, 3.63) is 47.3 Å². The molecular weight excluding hydrogens is 260 g/mol. The minimum Gasteiger partial charge on any atom is -0.508 e. The summed E-state index contributed by atoms with van der Waals surface area (Å²) in [5.74, 6) is -0.556. The molecule has 5 nitrogen and oxygen atoms in total. The molecule has 1 fully saturated rings. The third-order valence-electron chi connectivity index (χ3n) is 3.06. The maximum atomic E-state index is 10.6. The van der Waals surface area contributed by atoms with Crippen LogP contribution in [0.3, 0.4) is 0 Å². The number of esters is 1. The van der Waals surface area contributed by atoms with Gasteiger partial charge in [0, 0.05) is 18.9 Å². The van der Waals surface area contributed by atoms with Gasteiger partial charge in [-0.1, -0.05) is 23.8 Å². The lowest BCUT2D eigenvalue weighted by atomic mass is 10.1. The standard InChI is InChI=1S/C9H10O5.C6H6/c1-5-9(12)7(4-10)3-8(13-5)14-6(2)11;1-2-5-4-6(5)3-1/h3-4,7,12H,1-2H3;1-3,5H,4H2. The third kappa shape index (κ3) is 3.38. The molecule has 3 aliphatic rings. The number of aliphatic hydroxyl groups excluding tert-OH is 1. The van der Waals surface area contributed by atoms with Crippen molar-refractivity contribution >= 4 is 12.3 Å². The lowest BCUT2D eigenvalue weighted by molar-refractivity contribution is -0.141. The van der Waals surface area contributed by atoms with Crippen LogP contribution in [-0.4, -0.2) is 17.4 Å². The van der Waals surface area contributed by atoms with Gasteiger partial charge in [-0.05, 0) is 13.3 Å². The Morgan fingerprint density at radius 3 is 2.70 bits per heavy atom. The van der Waals surface area contributed by atoms with Crippen LogP contribution >= 0.6 is 0 Å². The van der Waals surface area contributed by atoms with E-state index in [1.165, 1.54) is 26.3 Å². The summed E-state index contributed by atoms with van der Waals surface area (Å²) in [5, 5.41) is 9.33. The van der Waals surface area contributed by atoms with Crippen molar-refractivity contribution in [1.29, 1.82) is 0 Å². The average Bonchev–Trinajstić information content (AvgIpc) is 3.00. The van der Waals surface area contributed by atoms with Gasteiger partial charge in [0.05, 0.1) is 0 Å². The van der Waals surface area contributed by atoms with Crippen LogP contribution in [-0.2, 0) is 19.1 Å². The summed E-state index contributed by atoms with van der Waals surface area (Å²) in [6.07, 6.45) is 9.74. The molecule has 1 saturated carbocycles. The Balaban J connectivity index is 0.000000198. The van der Waals surface area contributed by atoms with Crippen LogP contribution in [0.5, 0.6) is 0 Å². The molecule has 1 heterocycles. The molecule has 2 atom stereocenters. The van der Waals surface area contributed by atoms with Gasteiger partial charge in [-0.2, -0.15) is 0 Å². The summed E-state index contributed by atoms with van der Waals surface area (Å²) in [6.45, 7) is 2.69. The molecule has 0 bridgehead atoms. The van der Waals surface area contributed by atoms with Crippen LogP contribution in [0.15, 0.2) is 47.3 Å². The minimum absolute atomic E-state index is 0.0788. The summed E-state index contributed by atoms with van der Waals surface area (Å²) in [7, 11) is 0. The second-order valence-electron chi connectivity index (χ2n) is 4.72. The first kappa shape index (κ1) is 14.1. The van der Waals surface area contributed by atoms with Gasteiger partial charge in [0.25, 0.3) is 5.95 Å². The first-order chi connectivity index (χ1) is 9.51. The lowest BCUT2D eigenvalue weighted by Gasteiger charge is -2.18. The molecule has 5 heteroatoms. The van der Waals surface area contributed by atoms with E-state index in [1.807, 2.05) is 0 Å². The second-order valence-corrected chi connectivity index (χ2v) is 4.72. The Bertz CT molecular complexity index is 551. The van der Waals surface area contributed by atoms with E-state index in [9.17, 15) is 14.7 Å². The molecule has 3 rings (SSSR count). The Morgan fingerprint density at radius 2 is 2.30 bits per heavy atom. The van der Waals surface area contributed by atoms with Gasteiger partial charge in [0.2, 0.25) is 0 Å². The summed E-state index contributed by atoms with van der Waals surface area (Å²) >= 11 is 0. The van der Waals surface area contributed by atoms with Crippen LogP contribution < -0.4 is 0 Å². The molecule has 0 saturated heterocycles. The van der Waals surface area contributed by atoms with E-state index in [0.29, 0.717) is 6.29 Å². The molecular formula is C15H16O5. The van der Waals surface area contributed by atoms with Gasteiger partial charge in [-0.3, -0.25) is 4.79 Å². The summed E-state index contributed by atoms with van der Waals surface area (Å²) in [4.78, 5) is 21.1. The van der Waals surface area contributed by atoms with Gasteiger partial charge in [-0.25, -0.2) is 0 Å². The SMILES string of the molecule is C1=CC2CC2=C1.CC(=O)OC1=CC(C=O)C(O)=C(C)O1. The largest absolute Gasteiger partial charge is 0.508 e. The van der Waals surface area contributed by atoms with Gasteiger partial charge in [-0.15, -0.1) is 0 Å². The number of hydrogen-bond donors (Lipinski definition) is 1. The zero-order chi connectivity index (χ0) is 14.7. The molecule has 20 heavy (non-hydrogen) atoms. The van der Waals surface area contributed by atoms with Crippen LogP contribution in [0.2, 0.25) is 0 Å². The zero-order valence-electron chi connectivity index (χ0n) is 11.3. The number of rotatable bonds is 2. The topological polar surface area (TPSA) is 72.8 Å². The Labute approximate surface area is 116 Å². The normalized spacial score (nSPS) is 25.5. The van der Waals surface area contributed by atoms with Crippen LogP contribution in [0.25, 0.3) is 0 Å². The van der Waals surface area contributed by atoms with Crippen LogP contribution in [0.4, 0.5) is 0 Å². The van der Waals surface area contributed by atoms with Crippen molar-refractivity contribution in [1.82, 2.24) is 0 Å². The molecule has 0 spiro atoms. The smallest absolute Gasteiger partial charge is 0.310 e. The number of carbonyl (C=O) groups is 2. The Hall–Kier alpha value is -2.30. The number of aldehydes is 1. The van der Waals surface area contributed by atoms with E-state index in [1.54, 1.807) is 5.57 Å². The molecule has 2 unspecified atom stereocenters. The molecule has 0 aromatic carbocycles. The third-order valence-corrected chi connectivity index (χ3v) is 3.06. The number of hydrogen-bond acceptors (Lipinski definition) is 5.